The zero-order valence-corrected chi connectivity index (χ0v) is 19.0. The van der Waals surface area contributed by atoms with Crippen LogP contribution in [0.25, 0.3) is 0 Å². The van der Waals surface area contributed by atoms with Crippen LogP contribution >= 0.6 is 34.7 Å². The SMILES string of the molecule is Cc1ccc(Cc2nsc(N3CCCN(C(=O)c4cc(Cl)cc(Cl)c4)CC3)n2)cc1. The van der Waals surface area contributed by atoms with E-state index in [2.05, 4.69) is 40.5 Å². The van der Waals surface area contributed by atoms with Crippen LogP contribution in [0.4, 0.5) is 5.13 Å². The highest BCUT2D eigenvalue weighted by molar-refractivity contribution is 7.09. The van der Waals surface area contributed by atoms with Gasteiger partial charge >= 0.3 is 0 Å². The molecule has 5 nitrogen and oxygen atoms in total. The monoisotopic (exact) mass is 460 g/mol. The first-order valence-corrected chi connectivity index (χ1v) is 11.4. The van der Waals surface area contributed by atoms with Gasteiger partial charge in [0.15, 0.2) is 0 Å². The molecule has 0 saturated carbocycles. The second kappa shape index (κ2) is 9.33. The fourth-order valence-electron chi connectivity index (χ4n) is 3.51. The third-order valence-electron chi connectivity index (χ3n) is 5.10. The zero-order valence-electron chi connectivity index (χ0n) is 16.6. The number of hydrogen-bond donors (Lipinski definition) is 0. The molecule has 1 aliphatic heterocycles. The quantitative estimate of drug-likeness (QED) is 0.543. The lowest BCUT2D eigenvalue weighted by molar-refractivity contribution is 0.0767. The van der Waals surface area contributed by atoms with Crippen molar-refractivity contribution in [2.45, 2.75) is 19.8 Å². The maximum atomic E-state index is 12.9. The molecule has 0 radical (unpaired) electrons. The standard InChI is InChI=1S/C22H22Cl2N4OS/c1-15-3-5-16(6-4-15)11-20-25-22(30-26-20)28-8-2-7-27(9-10-28)21(29)17-12-18(23)14-19(24)13-17/h3-6,12-14H,2,7-11H2,1H3. The Morgan fingerprint density at radius 2 is 1.77 bits per heavy atom. The fraction of sp³-hybridized carbons (Fsp3) is 0.318. The van der Waals surface area contributed by atoms with Crippen LogP contribution in [-0.2, 0) is 6.42 Å². The number of amides is 1. The van der Waals surface area contributed by atoms with E-state index in [1.165, 1.54) is 22.7 Å². The maximum absolute atomic E-state index is 12.9. The number of carbonyl (C=O) groups is 1. The van der Waals surface area contributed by atoms with Gasteiger partial charge in [-0.25, -0.2) is 4.98 Å². The van der Waals surface area contributed by atoms with Gasteiger partial charge in [0.1, 0.15) is 5.82 Å². The van der Waals surface area contributed by atoms with Gasteiger partial charge in [-0.3, -0.25) is 4.79 Å². The molecular weight excluding hydrogens is 439 g/mol. The van der Waals surface area contributed by atoms with Gasteiger partial charge in [0.05, 0.1) is 0 Å². The topological polar surface area (TPSA) is 49.3 Å². The van der Waals surface area contributed by atoms with E-state index >= 15 is 0 Å². The summed E-state index contributed by atoms with van der Waals surface area (Å²) in [4.78, 5) is 21.7. The molecule has 1 aromatic heterocycles. The molecule has 3 aromatic rings. The molecule has 8 heteroatoms. The first-order valence-electron chi connectivity index (χ1n) is 9.86. The Morgan fingerprint density at radius 1 is 1.03 bits per heavy atom. The van der Waals surface area contributed by atoms with Crippen LogP contribution in [0.3, 0.4) is 0 Å². The van der Waals surface area contributed by atoms with Crippen molar-refractivity contribution in [2.24, 2.45) is 0 Å². The van der Waals surface area contributed by atoms with Crippen molar-refractivity contribution in [2.75, 3.05) is 31.1 Å². The predicted molar refractivity (Wildman–Crippen MR) is 123 cm³/mol. The van der Waals surface area contributed by atoms with Crippen LogP contribution in [0.5, 0.6) is 0 Å². The molecule has 0 unspecified atom stereocenters. The molecular formula is C22H22Cl2N4OS. The lowest BCUT2D eigenvalue weighted by atomic mass is 10.1. The maximum Gasteiger partial charge on any atom is 0.254 e. The Hall–Kier alpha value is -2.15. The molecule has 1 amide bonds. The summed E-state index contributed by atoms with van der Waals surface area (Å²) < 4.78 is 4.54. The molecule has 0 atom stereocenters. The van der Waals surface area contributed by atoms with Gasteiger partial charge in [-0.05, 0) is 37.1 Å². The summed E-state index contributed by atoms with van der Waals surface area (Å²) in [6.07, 6.45) is 1.59. The number of hydrogen-bond acceptors (Lipinski definition) is 5. The zero-order chi connectivity index (χ0) is 21.1. The Kier molecular flexibility index (Phi) is 6.56. The summed E-state index contributed by atoms with van der Waals surface area (Å²) in [6.45, 7) is 4.96. The second-order valence-corrected chi connectivity index (χ2v) is 9.05. The molecule has 1 saturated heterocycles. The normalized spacial score (nSPS) is 14.6. The highest BCUT2D eigenvalue weighted by atomic mass is 35.5. The molecule has 2 heterocycles. The second-order valence-electron chi connectivity index (χ2n) is 7.45. The van der Waals surface area contributed by atoms with E-state index in [1.54, 1.807) is 18.2 Å². The summed E-state index contributed by atoms with van der Waals surface area (Å²) in [6, 6.07) is 13.4. The number of nitrogens with zero attached hydrogens (tertiary/aromatic N) is 4. The third-order valence-corrected chi connectivity index (χ3v) is 6.35. The number of rotatable bonds is 4. The largest absolute Gasteiger partial charge is 0.345 e. The van der Waals surface area contributed by atoms with Crippen molar-refractivity contribution in [3.63, 3.8) is 0 Å². The van der Waals surface area contributed by atoms with E-state index in [1.807, 2.05) is 4.90 Å². The van der Waals surface area contributed by atoms with Crippen molar-refractivity contribution in [3.05, 3.63) is 75.0 Å². The van der Waals surface area contributed by atoms with E-state index in [0.29, 0.717) is 28.7 Å². The number of anilines is 1. The van der Waals surface area contributed by atoms with Crippen LogP contribution in [-0.4, -0.2) is 46.3 Å². The summed E-state index contributed by atoms with van der Waals surface area (Å²) in [7, 11) is 0. The molecule has 2 aromatic carbocycles. The van der Waals surface area contributed by atoms with Gasteiger partial charge in [0.25, 0.3) is 5.91 Å². The van der Waals surface area contributed by atoms with Crippen molar-refractivity contribution in [1.82, 2.24) is 14.3 Å². The van der Waals surface area contributed by atoms with Gasteiger partial charge in [-0.15, -0.1) is 0 Å². The lowest BCUT2D eigenvalue weighted by Gasteiger charge is -2.21. The average Bonchev–Trinajstić information content (AvgIpc) is 3.03. The molecule has 1 fully saturated rings. The van der Waals surface area contributed by atoms with Gasteiger partial charge in [0, 0.05) is 59.7 Å². The number of aryl methyl sites for hydroxylation is 1. The van der Waals surface area contributed by atoms with Crippen molar-refractivity contribution in [3.8, 4) is 0 Å². The van der Waals surface area contributed by atoms with E-state index < -0.39 is 0 Å². The van der Waals surface area contributed by atoms with Gasteiger partial charge in [0.2, 0.25) is 5.13 Å². The van der Waals surface area contributed by atoms with Crippen LogP contribution in [0.2, 0.25) is 10.0 Å². The molecule has 0 N–H and O–H groups in total. The molecule has 0 bridgehead atoms. The minimum absolute atomic E-state index is 0.0430. The Morgan fingerprint density at radius 3 is 2.50 bits per heavy atom. The Labute approximate surface area is 190 Å². The van der Waals surface area contributed by atoms with Gasteiger partial charge in [-0.2, -0.15) is 4.37 Å². The van der Waals surface area contributed by atoms with E-state index in [0.717, 1.165) is 36.9 Å². The van der Waals surface area contributed by atoms with Crippen LogP contribution in [0.1, 0.15) is 33.7 Å². The minimum atomic E-state index is -0.0430. The van der Waals surface area contributed by atoms with Crippen LogP contribution < -0.4 is 4.90 Å². The minimum Gasteiger partial charge on any atom is -0.345 e. The molecule has 0 spiro atoms. The van der Waals surface area contributed by atoms with E-state index in [9.17, 15) is 4.79 Å². The summed E-state index contributed by atoms with van der Waals surface area (Å²) in [5.41, 5.74) is 2.98. The third kappa shape index (κ3) is 5.12. The molecule has 1 aliphatic rings. The fourth-order valence-corrected chi connectivity index (χ4v) is 4.77. The molecule has 30 heavy (non-hydrogen) atoms. The Balaban J connectivity index is 1.40. The van der Waals surface area contributed by atoms with Crippen molar-refractivity contribution >= 4 is 45.8 Å². The number of aromatic nitrogens is 2. The van der Waals surface area contributed by atoms with Crippen molar-refractivity contribution < 1.29 is 4.79 Å². The number of benzene rings is 2. The molecule has 4 rings (SSSR count). The lowest BCUT2D eigenvalue weighted by Crippen LogP contribution is -2.35. The summed E-state index contributed by atoms with van der Waals surface area (Å²) in [5, 5.41) is 1.85. The first kappa shape index (κ1) is 21.1. The molecule has 0 aliphatic carbocycles. The number of carbonyl (C=O) groups excluding carboxylic acids is 1. The van der Waals surface area contributed by atoms with Crippen LogP contribution in [0, 0.1) is 6.92 Å². The molecule has 156 valence electrons. The van der Waals surface area contributed by atoms with Crippen molar-refractivity contribution in [1.29, 1.82) is 0 Å². The highest BCUT2D eigenvalue weighted by Crippen LogP contribution is 2.23. The first-order chi connectivity index (χ1) is 14.5. The average molecular weight is 461 g/mol. The highest BCUT2D eigenvalue weighted by Gasteiger charge is 2.22. The predicted octanol–water partition coefficient (Wildman–Crippen LogP) is 5.10. The summed E-state index contributed by atoms with van der Waals surface area (Å²) >= 11 is 13.5. The van der Waals surface area contributed by atoms with Crippen LogP contribution in [0.15, 0.2) is 42.5 Å². The summed E-state index contributed by atoms with van der Waals surface area (Å²) in [5.74, 6) is 0.795. The van der Waals surface area contributed by atoms with Gasteiger partial charge in [-0.1, -0.05) is 53.0 Å². The number of halogens is 2. The Bertz CT molecular complexity index is 1020. The van der Waals surface area contributed by atoms with E-state index in [4.69, 9.17) is 28.2 Å². The smallest absolute Gasteiger partial charge is 0.254 e. The van der Waals surface area contributed by atoms with E-state index in [-0.39, 0.29) is 5.91 Å². The van der Waals surface area contributed by atoms with Gasteiger partial charge < -0.3 is 9.80 Å².